The van der Waals surface area contributed by atoms with Crippen LogP contribution in [0.4, 0.5) is 0 Å². The minimum Gasteiger partial charge on any atom is -0.458 e. The predicted molar refractivity (Wildman–Crippen MR) is 98.9 cm³/mol. The number of hydrogen-bond donors (Lipinski definition) is 1. The summed E-state index contributed by atoms with van der Waals surface area (Å²) in [6.45, 7) is 0.180. The average molecular weight is 369 g/mol. The van der Waals surface area contributed by atoms with Gasteiger partial charge in [-0.25, -0.2) is 4.98 Å². The number of aromatic amines is 1. The van der Waals surface area contributed by atoms with Crippen LogP contribution in [0.2, 0.25) is 0 Å². The van der Waals surface area contributed by atoms with E-state index in [1.54, 1.807) is 25.2 Å². The van der Waals surface area contributed by atoms with E-state index in [4.69, 9.17) is 4.74 Å². The number of fused-ring (bicyclic) bond motifs is 1. The molecule has 0 bridgehead atoms. The molecule has 1 aromatic heterocycles. The number of carbonyl (C=O) groups excluding carboxylic acids is 2. The Hall–Kier alpha value is -2.70. The molecule has 4 rings (SSSR count). The smallest absolute Gasteiger partial charge is 0.307 e. The van der Waals surface area contributed by atoms with Gasteiger partial charge in [0.25, 0.3) is 5.56 Å². The molecule has 7 nitrogen and oxygen atoms in total. The number of amides is 1. The number of rotatable bonds is 3. The van der Waals surface area contributed by atoms with Gasteiger partial charge in [-0.2, -0.15) is 0 Å². The fourth-order valence-electron chi connectivity index (χ4n) is 4.38. The van der Waals surface area contributed by atoms with Crippen molar-refractivity contribution < 1.29 is 14.3 Å². The summed E-state index contributed by atoms with van der Waals surface area (Å²) in [5, 5.41) is 0.520. The molecule has 2 aromatic rings. The van der Waals surface area contributed by atoms with Crippen molar-refractivity contribution in [2.75, 3.05) is 7.05 Å². The molecule has 2 aliphatic rings. The van der Waals surface area contributed by atoms with E-state index >= 15 is 0 Å². The zero-order valence-electron chi connectivity index (χ0n) is 15.4. The van der Waals surface area contributed by atoms with Crippen LogP contribution < -0.4 is 5.56 Å². The minimum absolute atomic E-state index is 0.126. The highest BCUT2D eigenvalue weighted by molar-refractivity contribution is 5.87. The Morgan fingerprint density at radius 2 is 2.00 bits per heavy atom. The van der Waals surface area contributed by atoms with Crippen LogP contribution in [0.3, 0.4) is 0 Å². The SMILES string of the molecule is CN(Cc1nc2ccccc2c(=O)[nH]1)C(=O)C1CC(=O)OC12CCCCC2. The van der Waals surface area contributed by atoms with Gasteiger partial charge in [0.2, 0.25) is 5.91 Å². The van der Waals surface area contributed by atoms with Gasteiger partial charge in [-0.15, -0.1) is 0 Å². The summed E-state index contributed by atoms with van der Waals surface area (Å²) in [6.07, 6.45) is 4.67. The summed E-state index contributed by atoms with van der Waals surface area (Å²) in [6, 6.07) is 7.10. The summed E-state index contributed by atoms with van der Waals surface area (Å²) in [7, 11) is 1.68. The first kappa shape index (κ1) is 17.7. The van der Waals surface area contributed by atoms with Crippen molar-refractivity contribution in [2.45, 2.75) is 50.7 Å². The van der Waals surface area contributed by atoms with Gasteiger partial charge in [-0.05, 0) is 37.8 Å². The highest BCUT2D eigenvalue weighted by Crippen LogP contribution is 2.44. The van der Waals surface area contributed by atoms with Crippen LogP contribution in [0.1, 0.15) is 44.3 Å². The molecule has 142 valence electrons. The van der Waals surface area contributed by atoms with Crippen LogP contribution >= 0.6 is 0 Å². The van der Waals surface area contributed by atoms with E-state index in [0.29, 0.717) is 16.7 Å². The van der Waals surface area contributed by atoms with E-state index in [1.165, 1.54) is 4.90 Å². The number of carbonyl (C=O) groups is 2. The molecular weight excluding hydrogens is 346 g/mol. The van der Waals surface area contributed by atoms with E-state index in [-0.39, 0.29) is 30.4 Å². The molecule has 1 saturated carbocycles. The number of esters is 1. The van der Waals surface area contributed by atoms with Crippen molar-refractivity contribution in [1.82, 2.24) is 14.9 Å². The first-order chi connectivity index (χ1) is 13.0. The maximum absolute atomic E-state index is 13.1. The van der Waals surface area contributed by atoms with Gasteiger partial charge < -0.3 is 14.6 Å². The minimum atomic E-state index is -0.648. The molecule has 2 heterocycles. The molecule has 1 aliphatic heterocycles. The molecule has 1 atom stereocenters. The highest BCUT2D eigenvalue weighted by Gasteiger charge is 2.53. The maximum atomic E-state index is 13.1. The zero-order valence-corrected chi connectivity index (χ0v) is 15.4. The standard InChI is InChI=1S/C20H23N3O4/c1-23(12-16-21-15-8-4-3-7-13(15)18(25)22-16)19(26)14-11-17(24)27-20(14)9-5-2-6-10-20/h3-4,7-8,14H,2,5-6,9-12H2,1H3,(H,21,22,25). The first-order valence-corrected chi connectivity index (χ1v) is 9.43. The molecule has 0 radical (unpaired) electrons. The Bertz CT molecular complexity index is 946. The highest BCUT2D eigenvalue weighted by atomic mass is 16.6. The Balaban J connectivity index is 1.56. The first-order valence-electron chi connectivity index (χ1n) is 9.43. The van der Waals surface area contributed by atoms with Gasteiger partial charge in [0, 0.05) is 7.05 Å². The van der Waals surface area contributed by atoms with Crippen LogP contribution in [-0.4, -0.2) is 39.4 Å². The lowest BCUT2D eigenvalue weighted by atomic mass is 9.75. The summed E-state index contributed by atoms with van der Waals surface area (Å²) < 4.78 is 5.64. The van der Waals surface area contributed by atoms with Crippen molar-refractivity contribution >= 4 is 22.8 Å². The lowest BCUT2D eigenvalue weighted by Crippen LogP contribution is -2.46. The van der Waals surface area contributed by atoms with Crippen molar-refractivity contribution in [1.29, 1.82) is 0 Å². The van der Waals surface area contributed by atoms with Crippen molar-refractivity contribution in [2.24, 2.45) is 5.92 Å². The van der Waals surface area contributed by atoms with Crippen molar-refractivity contribution in [3.05, 3.63) is 40.4 Å². The molecule has 1 unspecified atom stereocenters. The van der Waals surface area contributed by atoms with Gasteiger partial charge in [0.15, 0.2) is 0 Å². The molecule has 27 heavy (non-hydrogen) atoms. The molecular formula is C20H23N3O4. The zero-order chi connectivity index (χ0) is 19.0. The Labute approximate surface area is 156 Å². The molecule has 1 amide bonds. The summed E-state index contributed by atoms with van der Waals surface area (Å²) in [5.41, 5.74) is -0.273. The predicted octanol–water partition coefficient (Wildman–Crippen LogP) is 2.15. The van der Waals surface area contributed by atoms with Crippen LogP contribution in [0, 0.1) is 5.92 Å². The van der Waals surface area contributed by atoms with E-state index < -0.39 is 11.5 Å². The van der Waals surface area contributed by atoms with Gasteiger partial charge in [0.1, 0.15) is 11.4 Å². The third-order valence-corrected chi connectivity index (χ3v) is 5.75. The summed E-state index contributed by atoms with van der Waals surface area (Å²) in [4.78, 5) is 46.0. The monoisotopic (exact) mass is 369 g/mol. The Kier molecular flexibility index (Phi) is 4.45. The van der Waals surface area contributed by atoms with Crippen LogP contribution in [-0.2, 0) is 20.9 Å². The fourth-order valence-corrected chi connectivity index (χ4v) is 4.38. The van der Waals surface area contributed by atoms with Crippen molar-refractivity contribution in [3.63, 3.8) is 0 Å². The summed E-state index contributed by atoms with van der Waals surface area (Å²) >= 11 is 0. The maximum Gasteiger partial charge on any atom is 0.307 e. The van der Waals surface area contributed by atoms with E-state index in [0.717, 1.165) is 32.1 Å². The van der Waals surface area contributed by atoms with Gasteiger partial charge in [0.05, 0.1) is 29.8 Å². The average Bonchev–Trinajstić information content (AvgIpc) is 2.97. The third kappa shape index (κ3) is 3.22. The molecule has 1 saturated heterocycles. The normalized spacial score (nSPS) is 21.4. The second kappa shape index (κ2) is 6.79. The van der Waals surface area contributed by atoms with Gasteiger partial charge in [-0.3, -0.25) is 14.4 Å². The number of aromatic nitrogens is 2. The second-order valence-corrected chi connectivity index (χ2v) is 7.58. The number of nitrogens with one attached hydrogen (secondary N) is 1. The van der Waals surface area contributed by atoms with Crippen molar-refractivity contribution in [3.8, 4) is 0 Å². The third-order valence-electron chi connectivity index (χ3n) is 5.75. The Morgan fingerprint density at radius 3 is 2.78 bits per heavy atom. The largest absolute Gasteiger partial charge is 0.458 e. The number of H-pyrrole nitrogens is 1. The number of ether oxygens (including phenoxy) is 1. The second-order valence-electron chi connectivity index (χ2n) is 7.58. The molecule has 1 aliphatic carbocycles. The lowest BCUT2D eigenvalue weighted by Gasteiger charge is -2.37. The molecule has 2 fully saturated rings. The van der Waals surface area contributed by atoms with Gasteiger partial charge >= 0.3 is 5.97 Å². The van der Waals surface area contributed by atoms with E-state index in [1.807, 2.05) is 6.07 Å². The molecule has 7 heteroatoms. The van der Waals surface area contributed by atoms with Gasteiger partial charge in [-0.1, -0.05) is 18.6 Å². The topological polar surface area (TPSA) is 92.4 Å². The van der Waals surface area contributed by atoms with E-state index in [9.17, 15) is 14.4 Å². The molecule has 1 N–H and O–H groups in total. The number of hydrogen-bond acceptors (Lipinski definition) is 5. The van der Waals surface area contributed by atoms with Crippen LogP contribution in [0.15, 0.2) is 29.1 Å². The van der Waals surface area contributed by atoms with Crippen LogP contribution in [0.25, 0.3) is 10.9 Å². The van der Waals surface area contributed by atoms with Crippen LogP contribution in [0.5, 0.6) is 0 Å². The van der Waals surface area contributed by atoms with E-state index in [2.05, 4.69) is 9.97 Å². The summed E-state index contributed by atoms with van der Waals surface area (Å²) in [5.74, 6) is -0.445. The number of para-hydroxylation sites is 1. The quantitative estimate of drug-likeness (QED) is 0.837. The number of benzene rings is 1. The fraction of sp³-hybridized carbons (Fsp3) is 0.500. The Morgan fingerprint density at radius 1 is 1.26 bits per heavy atom. The lowest BCUT2D eigenvalue weighted by molar-refractivity contribution is -0.155. The molecule has 1 aromatic carbocycles. The molecule has 1 spiro atoms. The number of nitrogens with zero attached hydrogens (tertiary/aromatic N) is 2.